The highest BCUT2D eigenvalue weighted by molar-refractivity contribution is 5.85. The summed E-state index contributed by atoms with van der Waals surface area (Å²) in [5.74, 6) is 0. The van der Waals surface area contributed by atoms with E-state index in [4.69, 9.17) is 0 Å². The Morgan fingerprint density at radius 2 is 1.74 bits per heavy atom. The lowest BCUT2D eigenvalue weighted by atomic mass is 9.67. The van der Waals surface area contributed by atoms with Crippen LogP contribution < -0.4 is 10.6 Å². The molecule has 2 heterocycles. The minimum absolute atomic E-state index is 0. The van der Waals surface area contributed by atoms with Gasteiger partial charge in [0.05, 0.1) is 12.6 Å². The Bertz CT molecular complexity index is 631. The van der Waals surface area contributed by atoms with Crippen LogP contribution in [0, 0.1) is 5.41 Å². The fourth-order valence-electron chi connectivity index (χ4n) is 4.67. The number of halogens is 2. The third-order valence-corrected chi connectivity index (χ3v) is 6.28. The van der Waals surface area contributed by atoms with E-state index < -0.39 is 0 Å². The molecule has 1 aromatic heterocycles. The second-order valence-corrected chi connectivity index (χ2v) is 7.88. The van der Waals surface area contributed by atoms with E-state index in [1.165, 1.54) is 57.2 Å². The first-order valence-corrected chi connectivity index (χ1v) is 9.82. The zero-order chi connectivity index (χ0) is 17.0. The molecule has 1 atom stereocenters. The molecule has 2 fully saturated rings. The molecule has 0 radical (unpaired) electrons. The molecule has 1 saturated carbocycles. The number of aromatic nitrogens is 2. The number of hydrogen-bond acceptors (Lipinski definition) is 3. The standard InChI is InChI=1S/C21H30N4.2ClH/c1-2-5-18(6-3-1)20(17-25-16-4-13-23-25)24-19-7-9-21(10-8-19)11-14-22-15-12-21;;/h1-6,13,16,19-20,22,24H,7-12,14-15,17H2;2*1H. The van der Waals surface area contributed by atoms with Crippen LogP contribution in [0.5, 0.6) is 0 Å². The SMILES string of the molecule is Cl.Cl.c1ccc(C(Cn2cccn2)NC2CCC3(CCNCC3)CC2)cc1. The Morgan fingerprint density at radius 1 is 1.04 bits per heavy atom. The molecular weight excluding hydrogens is 379 g/mol. The van der Waals surface area contributed by atoms with Gasteiger partial charge in [-0.2, -0.15) is 5.10 Å². The zero-order valence-corrected chi connectivity index (χ0v) is 17.5. The molecule has 1 spiro atoms. The van der Waals surface area contributed by atoms with Gasteiger partial charge in [-0.25, -0.2) is 0 Å². The summed E-state index contributed by atoms with van der Waals surface area (Å²) in [7, 11) is 0. The predicted octanol–water partition coefficient (Wildman–Crippen LogP) is 4.37. The van der Waals surface area contributed by atoms with E-state index in [2.05, 4.69) is 52.3 Å². The van der Waals surface area contributed by atoms with Crippen molar-refractivity contribution in [1.29, 1.82) is 0 Å². The molecule has 2 N–H and O–H groups in total. The van der Waals surface area contributed by atoms with E-state index in [0.717, 1.165) is 6.54 Å². The number of nitrogens with one attached hydrogen (secondary N) is 2. The van der Waals surface area contributed by atoms with Crippen LogP contribution in [0.25, 0.3) is 0 Å². The van der Waals surface area contributed by atoms with Gasteiger partial charge >= 0.3 is 0 Å². The van der Waals surface area contributed by atoms with Crippen molar-refractivity contribution in [3.8, 4) is 0 Å². The van der Waals surface area contributed by atoms with Crippen LogP contribution in [0.4, 0.5) is 0 Å². The van der Waals surface area contributed by atoms with Crippen LogP contribution in [0.2, 0.25) is 0 Å². The number of nitrogens with zero attached hydrogens (tertiary/aromatic N) is 2. The van der Waals surface area contributed by atoms with Gasteiger partial charge in [0.2, 0.25) is 0 Å². The highest BCUT2D eigenvalue weighted by atomic mass is 35.5. The van der Waals surface area contributed by atoms with E-state index in [1.54, 1.807) is 0 Å². The molecule has 4 rings (SSSR count). The van der Waals surface area contributed by atoms with Crippen LogP contribution in [-0.4, -0.2) is 28.9 Å². The largest absolute Gasteiger partial charge is 0.317 e. The molecule has 2 aliphatic rings. The van der Waals surface area contributed by atoms with Gasteiger partial charge in [0.1, 0.15) is 0 Å². The molecule has 1 saturated heterocycles. The maximum Gasteiger partial charge on any atom is 0.0604 e. The second-order valence-electron chi connectivity index (χ2n) is 7.88. The molecule has 6 heteroatoms. The second kappa shape index (κ2) is 10.5. The van der Waals surface area contributed by atoms with Crippen LogP contribution >= 0.6 is 24.8 Å². The quantitative estimate of drug-likeness (QED) is 0.768. The third kappa shape index (κ3) is 5.71. The van der Waals surface area contributed by atoms with Crippen molar-refractivity contribution in [1.82, 2.24) is 20.4 Å². The molecule has 1 aliphatic heterocycles. The first kappa shape index (κ1) is 22.2. The number of hydrogen-bond donors (Lipinski definition) is 2. The minimum atomic E-state index is 0. The molecule has 1 aromatic carbocycles. The Hall–Kier alpha value is -1.07. The van der Waals surface area contributed by atoms with E-state index >= 15 is 0 Å². The van der Waals surface area contributed by atoms with E-state index in [-0.39, 0.29) is 24.8 Å². The number of piperidine rings is 1. The molecule has 2 aromatic rings. The monoisotopic (exact) mass is 410 g/mol. The summed E-state index contributed by atoms with van der Waals surface area (Å²) in [6.07, 6.45) is 12.0. The summed E-state index contributed by atoms with van der Waals surface area (Å²) in [5.41, 5.74) is 1.99. The summed E-state index contributed by atoms with van der Waals surface area (Å²) in [6.45, 7) is 3.32. The molecule has 27 heavy (non-hydrogen) atoms. The normalized spacial score (nSPS) is 20.4. The van der Waals surface area contributed by atoms with Crippen molar-refractivity contribution in [3.05, 3.63) is 54.4 Å². The van der Waals surface area contributed by atoms with E-state index in [0.29, 0.717) is 17.5 Å². The van der Waals surface area contributed by atoms with Gasteiger partial charge in [-0.15, -0.1) is 24.8 Å². The summed E-state index contributed by atoms with van der Waals surface area (Å²) >= 11 is 0. The first-order valence-electron chi connectivity index (χ1n) is 9.82. The molecule has 0 amide bonds. The molecular formula is C21H32Cl2N4. The Labute approximate surface area is 175 Å². The van der Waals surface area contributed by atoms with Crippen molar-refractivity contribution in [2.45, 2.75) is 57.2 Å². The molecule has 1 unspecified atom stereocenters. The molecule has 0 bridgehead atoms. The van der Waals surface area contributed by atoms with Crippen LogP contribution in [-0.2, 0) is 6.54 Å². The topological polar surface area (TPSA) is 41.9 Å². The van der Waals surface area contributed by atoms with Crippen LogP contribution in [0.1, 0.15) is 50.1 Å². The van der Waals surface area contributed by atoms with Crippen LogP contribution in [0.15, 0.2) is 48.8 Å². The maximum absolute atomic E-state index is 4.41. The summed E-state index contributed by atoms with van der Waals surface area (Å²) < 4.78 is 2.04. The minimum Gasteiger partial charge on any atom is -0.317 e. The summed E-state index contributed by atoms with van der Waals surface area (Å²) in [6, 6.07) is 13.8. The van der Waals surface area contributed by atoms with Gasteiger partial charge in [-0.1, -0.05) is 30.3 Å². The van der Waals surface area contributed by atoms with E-state index in [9.17, 15) is 0 Å². The molecule has 4 nitrogen and oxygen atoms in total. The fraction of sp³-hybridized carbons (Fsp3) is 0.571. The lowest BCUT2D eigenvalue weighted by molar-refractivity contribution is 0.111. The van der Waals surface area contributed by atoms with E-state index in [1.807, 2.05) is 16.9 Å². The molecule has 1 aliphatic carbocycles. The van der Waals surface area contributed by atoms with Crippen LogP contribution in [0.3, 0.4) is 0 Å². The van der Waals surface area contributed by atoms with Crippen molar-refractivity contribution < 1.29 is 0 Å². The first-order chi connectivity index (χ1) is 12.3. The Morgan fingerprint density at radius 3 is 2.37 bits per heavy atom. The van der Waals surface area contributed by atoms with Gasteiger partial charge in [-0.05, 0) is 68.7 Å². The zero-order valence-electron chi connectivity index (χ0n) is 15.8. The fourth-order valence-corrected chi connectivity index (χ4v) is 4.67. The smallest absolute Gasteiger partial charge is 0.0604 e. The van der Waals surface area contributed by atoms with Gasteiger partial charge in [0.15, 0.2) is 0 Å². The Balaban J connectivity index is 0.00000131. The Kier molecular flexibility index (Phi) is 8.62. The maximum atomic E-state index is 4.41. The van der Waals surface area contributed by atoms with Crippen molar-refractivity contribution in [2.24, 2.45) is 5.41 Å². The van der Waals surface area contributed by atoms with Crippen molar-refractivity contribution in [2.75, 3.05) is 13.1 Å². The molecule has 150 valence electrons. The van der Waals surface area contributed by atoms with Crippen molar-refractivity contribution >= 4 is 24.8 Å². The summed E-state index contributed by atoms with van der Waals surface area (Å²) in [4.78, 5) is 0. The lowest BCUT2D eigenvalue weighted by Gasteiger charge is -2.44. The summed E-state index contributed by atoms with van der Waals surface area (Å²) in [5, 5.41) is 11.9. The van der Waals surface area contributed by atoms with Gasteiger partial charge in [0, 0.05) is 18.4 Å². The highest BCUT2D eigenvalue weighted by Crippen LogP contribution is 2.43. The number of rotatable bonds is 5. The average Bonchev–Trinajstić information content (AvgIpc) is 3.18. The van der Waals surface area contributed by atoms with Gasteiger partial charge < -0.3 is 10.6 Å². The number of benzene rings is 1. The average molecular weight is 411 g/mol. The third-order valence-electron chi connectivity index (χ3n) is 6.28. The van der Waals surface area contributed by atoms with Crippen molar-refractivity contribution in [3.63, 3.8) is 0 Å². The highest BCUT2D eigenvalue weighted by Gasteiger charge is 2.36. The van der Waals surface area contributed by atoms with Gasteiger partial charge in [0.25, 0.3) is 0 Å². The lowest BCUT2D eigenvalue weighted by Crippen LogP contribution is -2.44. The predicted molar refractivity (Wildman–Crippen MR) is 116 cm³/mol. The van der Waals surface area contributed by atoms with Gasteiger partial charge in [-0.3, -0.25) is 4.68 Å².